The van der Waals surface area contributed by atoms with Crippen molar-refractivity contribution in [2.45, 2.75) is 33.2 Å². The van der Waals surface area contributed by atoms with E-state index in [9.17, 15) is 4.79 Å². The van der Waals surface area contributed by atoms with Gasteiger partial charge in [0.25, 0.3) is 5.91 Å². The average molecular weight is 382 g/mol. The van der Waals surface area contributed by atoms with Gasteiger partial charge in [-0.25, -0.2) is 0 Å². The van der Waals surface area contributed by atoms with Crippen LogP contribution in [0.15, 0.2) is 54.6 Å². The van der Waals surface area contributed by atoms with Crippen molar-refractivity contribution >= 4 is 17.5 Å². The summed E-state index contributed by atoms with van der Waals surface area (Å²) in [6.07, 6.45) is 1.81. The van der Waals surface area contributed by atoms with Crippen molar-refractivity contribution in [3.05, 3.63) is 87.7 Å². The van der Waals surface area contributed by atoms with Gasteiger partial charge in [-0.15, -0.1) is 0 Å². The number of hydrogen-bond acceptors (Lipinski definition) is 2. The standard InChI is InChI=1S/C22H24ClN3O/c1-16-14-17(2)26(25-16)15-19-5-9-20(10-6-19)22(27)24-13-3-4-18-7-11-21(23)12-8-18/h5-12,14H,3-4,13,15H2,1-2H3,(H,24,27). The van der Waals surface area contributed by atoms with Crippen LogP contribution in [0.2, 0.25) is 5.02 Å². The molecule has 2 aromatic carbocycles. The van der Waals surface area contributed by atoms with E-state index in [4.69, 9.17) is 11.6 Å². The molecule has 0 saturated heterocycles. The second-order valence-corrected chi connectivity index (χ2v) is 7.20. The molecule has 1 amide bonds. The fourth-order valence-electron chi connectivity index (χ4n) is 3.02. The third-order valence-electron chi connectivity index (χ3n) is 4.49. The van der Waals surface area contributed by atoms with E-state index in [1.165, 1.54) is 5.56 Å². The molecule has 0 radical (unpaired) electrons. The summed E-state index contributed by atoms with van der Waals surface area (Å²) in [6, 6.07) is 17.6. The third kappa shape index (κ3) is 5.44. The van der Waals surface area contributed by atoms with E-state index in [1.54, 1.807) is 0 Å². The van der Waals surface area contributed by atoms with Gasteiger partial charge in [0.05, 0.1) is 12.2 Å². The molecule has 0 fully saturated rings. The minimum Gasteiger partial charge on any atom is -0.352 e. The third-order valence-corrected chi connectivity index (χ3v) is 4.74. The number of rotatable bonds is 7. The second kappa shape index (κ2) is 8.87. The van der Waals surface area contributed by atoms with Crippen molar-refractivity contribution in [2.75, 3.05) is 6.54 Å². The number of aromatic nitrogens is 2. The molecule has 0 aliphatic rings. The maximum Gasteiger partial charge on any atom is 0.251 e. The van der Waals surface area contributed by atoms with E-state index in [0.717, 1.165) is 34.8 Å². The van der Waals surface area contributed by atoms with Gasteiger partial charge in [0.2, 0.25) is 0 Å². The Kier molecular flexibility index (Phi) is 6.30. The topological polar surface area (TPSA) is 46.9 Å². The first kappa shape index (κ1) is 19.2. The van der Waals surface area contributed by atoms with E-state index >= 15 is 0 Å². The number of nitrogens with zero attached hydrogens (tertiary/aromatic N) is 2. The predicted octanol–water partition coefficient (Wildman–Crippen LogP) is 4.56. The number of halogens is 1. The highest BCUT2D eigenvalue weighted by Crippen LogP contribution is 2.11. The Morgan fingerprint density at radius 2 is 1.70 bits per heavy atom. The van der Waals surface area contributed by atoms with Crippen LogP contribution >= 0.6 is 11.6 Å². The molecule has 4 nitrogen and oxygen atoms in total. The number of amides is 1. The van der Waals surface area contributed by atoms with Crippen LogP contribution in [0.1, 0.15) is 39.3 Å². The fourth-order valence-corrected chi connectivity index (χ4v) is 3.14. The first-order chi connectivity index (χ1) is 13.0. The SMILES string of the molecule is Cc1cc(C)n(Cc2ccc(C(=O)NCCCc3ccc(Cl)cc3)cc2)n1. The second-order valence-electron chi connectivity index (χ2n) is 6.77. The van der Waals surface area contributed by atoms with Crippen molar-refractivity contribution in [1.29, 1.82) is 0 Å². The average Bonchev–Trinajstić information content (AvgIpc) is 2.97. The Balaban J connectivity index is 1.47. The summed E-state index contributed by atoms with van der Waals surface area (Å²) in [5, 5.41) is 8.20. The molecule has 1 heterocycles. The summed E-state index contributed by atoms with van der Waals surface area (Å²) in [4.78, 5) is 12.3. The smallest absolute Gasteiger partial charge is 0.251 e. The zero-order chi connectivity index (χ0) is 19.2. The number of benzene rings is 2. The lowest BCUT2D eigenvalue weighted by molar-refractivity contribution is 0.0953. The molecular formula is C22H24ClN3O. The molecule has 27 heavy (non-hydrogen) atoms. The molecule has 0 aliphatic heterocycles. The van der Waals surface area contributed by atoms with Gasteiger partial charge < -0.3 is 5.32 Å². The predicted molar refractivity (Wildman–Crippen MR) is 109 cm³/mol. The summed E-state index contributed by atoms with van der Waals surface area (Å²) in [5.41, 5.74) is 5.18. The van der Waals surface area contributed by atoms with Crippen molar-refractivity contribution < 1.29 is 4.79 Å². The molecule has 3 aromatic rings. The molecule has 0 aliphatic carbocycles. The Bertz CT molecular complexity index is 898. The van der Waals surface area contributed by atoms with Crippen LogP contribution in [-0.4, -0.2) is 22.2 Å². The first-order valence-corrected chi connectivity index (χ1v) is 9.52. The van der Waals surface area contributed by atoms with Gasteiger partial charge in [-0.1, -0.05) is 35.9 Å². The molecule has 1 aromatic heterocycles. The summed E-state index contributed by atoms with van der Waals surface area (Å²) in [6.45, 7) is 5.40. The van der Waals surface area contributed by atoms with Gasteiger partial charge in [-0.05, 0) is 68.1 Å². The monoisotopic (exact) mass is 381 g/mol. The van der Waals surface area contributed by atoms with Crippen molar-refractivity contribution in [3.63, 3.8) is 0 Å². The van der Waals surface area contributed by atoms with Crippen LogP contribution in [0.3, 0.4) is 0 Å². The van der Waals surface area contributed by atoms with Gasteiger partial charge in [-0.3, -0.25) is 9.48 Å². The molecule has 0 spiro atoms. The first-order valence-electron chi connectivity index (χ1n) is 9.14. The number of carbonyl (C=O) groups excluding carboxylic acids is 1. The largest absolute Gasteiger partial charge is 0.352 e. The number of nitrogens with one attached hydrogen (secondary N) is 1. The molecule has 0 bridgehead atoms. The van der Waals surface area contributed by atoms with E-state index in [2.05, 4.69) is 16.5 Å². The van der Waals surface area contributed by atoms with Gasteiger partial charge in [-0.2, -0.15) is 5.10 Å². The van der Waals surface area contributed by atoms with E-state index in [1.807, 2.05) is 67.1 Å². The van der Waals surface area contributed by atoms with Crippen LogP contribution in [0.25, 0.3) is 0 Å². The summed E-state index contributed by atoms with van der Waals surface area (Å²) >= 11 is 5.89. The zero-order valence-corrected chi connectivity index (χ0v) is 16.5. The molecule has 0 atom stereocenters. The quantitative estimate of drug-likeness (QED) is 0.609. The maximum atomic E-state index is 12.3. The van der Waals surface area contributed by atoms with Crippen LogP contribution in [0.4, 0.5) is 0 Å². The number of hydrogen-bond donors (Lipinski definition) is 1. The summed E-state index contributed by atoms with van der Waals surface area (Å²) in [5.74, 6) is -0.0382. The van der Waals surface area contributed by atoms with Crippen LogP contribution in [-0.2, 0) is 13.0 Å². The lowest BCUT2D eigenvalue weighted by Gasteiger charge is -2.08. The Morgan fingerprint density at radius 1 is 1.04 bits per heavy atom. The highest BCUT2D eigenvalue weighted by atomic mass is 35.5. The minimum atomic E-state index is -0.0382. The number of aryl methyl sites for hydroxylation is 3. The molecule has 0 unspecified atom stereocenters. The minimum absolute atomic E-state index is 0.0382. The van der Waals surface area contributed by atoms with E-state index in [0.29, 0.717) is 18.7 Å². The summed E-state index contributed by atoms with van der Waals surface area (Å²) in [7, 11) is 0. The fraction of sp³-hybridized carbons (Fsp3) is 0.273. The van der Waals surface area contributed by atoms with Gasteiger partial charge >= 0.3 is 0 Å². The van der Waals surface area contributed by atoms with Crippen molar-refractivity contribution in [2.24, 2.45) is 0 Å². The van der Waals surface area contributed by atoms with Crippen LogP contribution < -0.4 is 5.32 Å². The Hall–Kier alpha value is -2.59. The van der Waals surface area contributed by atoms with Gasteiger partial charge in [0.1, 0.15) is 0 Å². The van der Waals surface area contributed by atoms with Gasteiger partial charge in [0, 0.05) is 22.8 Å². The van der Waals surface area contributed by atoms with Crippen molar-refractivity contribution in [1.82, 2.24) is 15.1 Å². The molecule has 1 N–H and O–H groups in total. The Morgan fingerprint density at radius 3 is 2.33 bits per heavy atom. The maximum absolute atomic E-state index is 12.3. The molecule has 5 heteroatoms. The zero-order valence-electron chi connectivity index (χ0n) is 15.7. The molecule has 3 rings (SSSR count). The number of carbonyl (C=O) groups is 1. The molecule has 0 saturated carbocycles. The lowest BCUT2D eigenvalue weighted by atomic mass is 10.1. The van der Waals surface area contributed by atoms with Crippen LogP contribution in [0, 0.1) is 13.8 Å². The lowest BCUT2D eigenvalue weighted by Crippen LogP contribution is -2.24. The van der Waals surface area contributed by atoms with Gasteiger partial charge in [0.15, 0.2) is 0 Å². The van der Waals surface area contributed by atoms with E-state index < -0.39 is 0 Å². The highest BCUT2D eigenvalue weighted by molar-refractivity contribution is 6.30. The molecular weight excluding hydrogens is 358 g/mol. The Labute approximate surface area is 165 Å². The molecule has 140 valence electrons. The van der Waals surface area contributed by atoms with Crippen LogP contribution in [0.5, 0.6) is 0 Å². The van der Waals surface area contributed by atoms with E-state index in [-0.39, 0.29) is 5.91 Å². The highest BCUT2D eigenvalue weighted by Gasteiger charge is 2.06. The van der Waals surface area contributed by atoms with Crippen molar-refractivity contribution in [3.8, 4) is 0 Å². The normalized spacial score (nSPS) is 10.8. The summed E-state index contributed by atoms with van der Waals surface area (Å²) < 4.78 is 1.97.